The summed E-state index contributed by atoms with van der Waals surface area (Å²) in [6.07, 6.45) is 2.04. The number of nitrogens with zero attached hydrogens (tertiary/aromatic N) is 2. The maximum absolute atomic E-state index is 12.8. The van der Waals surface area contributed by atoms with Crippen molar-refractivity contribution in [1.29, 1.82) is 0 Å². The van der Waals surface area contributed by atoms with Crippen LogP contribution < -0.4 is 4.72 Å². The summed E-state index contributed by atoms with van der Waals surface area (Å²) in [5.74, 6) is 0.253. The highest BCUT2D eigenvalue weighted by molar-refractivity contribution is 9.10. The van der Waals surface area contributed by atoms with Crippen molar-refractivity contribution in [3.05, 3.63) is 59.0 Å². The minimum absolute atomic E-state index is 0.224. The monoisotopic (exact) mass is 391 g/mol. The number of fused-ring (bicyclic) bond motifs is 1. The van der Waals surface area contributed by atoms with Crippen LogP contribution in [0.15, 0.2) is 58.2 Å². The minimum Gasteiger partial charge on any atom is -0.262 e. The molecule has 0 aliphatic rings. The van der Waals surface area contributed by atoms with Crippen molar-refractivity contribution in [2.45, 2.75) is 18.2 Å². The average molecular weight is 392 g/mol. The van der Waals surface area contributed by atoms with E-state index in [0.717, 1.165) is 5.39 Å². The Kier molecular flexibility index (Phi) is 4.32. The molecule has 7 heteroatoms. The molecular formula is C16H14BrN3O2S. The molecule has 1 aromatic heterocycles. The molecule has 23 heavy (non-hydrogen) atoms. The van der Waals surface area contributed by atoms with Crippen LogP contribution in [0.25, 0.3) is 10.8 Å². The van der Waals surface area contributed by atoms with Crippen molar-refractivity contribution in [3.63, 3.8) is 0 Å². The number of aromatic nitrogens is 2. The van der Waals surface area contributed by atoms with Crippen LogP contribution in [0.3, 0.4) is 0 Å². The molecule has 3 rings (SSSR count). The zero-order valence-corrected chi connectivity index (χ0v) is 14.7. The highest BCUT2D eigenvalue weighted by Gasteiger charge is 2.19. The van der Waals surface area contributed by atoms with Crippen LogP contribution in [0.4, 0.5) is 5.82 Å². The molecule has 0 fully saturated rings. The van der Waals surface area contributed by atoms with Crippen molar-refractivity contribution in [1.82, 2.24) is 9.97 Å². The smallest absolute Gasteiger partial charge is 0.262 e. The van der Waals surface area contributed by atoms with E-state index in [1.807, 2.05) is 31.2 Å². The number of hydrogen-bond donors (Lipinski definition) is 1. The Labute approximate surface area is 143 Å². The van der Waals surface area contributed by atoms with Crippen molar-refractivity contribution in [2.24, 2.45) is 0 Å². The zero-order valence-electron chi connectivity index (χ0n) is 12.3. The first-order valence-corrected chi connectivity index (χ1v) is 9.31. The van der Waals surface area contributed by atoms with Gasteiger partial charge in [0.05, 0.1) is 16.8 Å². The van der Waals surface area contributed by atoms with Gasteiger partial charge in [0, 0.05) is 5.39 Å². The highest BCUT2D eigenvalue weighted by Crippen LogP contribution is 2.25. The lowest BCUT2D eigenvalue weighted by Gasteiger charge is -2.12. The lowest BCUT2D eigenvalue weighted by Crippen LogP contribution is -2.16. The maximum Gasteiger partial charge on any atom is 0.263 e. The fourth-order valence-corrected chi connectivity index (χ4v) is 3.93. The van der Waals surface area contributed by atoms with Crippen molar-refractivity contribution in [2.75, 3.05) is 4.72 Å². The summed E-state index contributed by atoms with van der Waals surface area (Å²) in [6.45, 7) is 1.90. The van der Waals surface area contributed by atoms with E-state index in [9.17, 15) is 8.42 Å². The van der Waals surface area contributed by atoms with Gasteiger partial charge in [0.15, 0.2) is 5.82 Å². The standard InChI is InChI=1S/C16H14BrN3O2S/c1-2-13-16(18-10-15(17)19-13)20-23(21,22)14-9-5-7-11-6-3-4-8-12(11)14/h3-10H,2H2,1H3,(H,18,20). The summed E-state index contributed by atoms with van der Waals surface area (Å²) in [4.78, 5) is 8.62. The maximum atomic E-state index is 12.8. The molecule has 1 heterocycles. The van der Waals surface area contributed by atoms with Gasteiger partial charge >= 0.3 is 0 Å². The van der Waals surface area contributed by atoms with Gasteiger partial charge in [-0.1, -0.05) is 43.3 Å². The van der Waals surface area contributed by atoms with Gasteiger partial charge in [0.1, 0.15) is 4.60 Å². The summed E-state index contributed by atoms with van der Waals surface area (Å²) in [7, 11) is -3.75. The van der Waals surface area contributed by atoms with Crippen LogP contribution in [0.5, 0.6) is 0 Å². The van der Waals surface area contributed by atoms with Gasteiger partial charge in [-0.3, -0.25) is 4.72 Å². The third-order valence-corrected chi connectivity index (χ3v) is 5.20. The van der Waals surface area contributed by atoms with E-state index < -0.39 is 10.0 Å². The molecule has 0 aliphatic carbocycles. The molecule has 0 saturated carbocycles. The first-order valence-electron chi connectivity index (χ1n) is 7.03. The SMILES string of the molecule is CCc1nc(Br)cnc1NS(=O)(=O)c1cccc2ccccc12. The zero-order chi connectivity index (χ0) is 16.4. The summed E-state index contributed by atoms with van der Waals surface area (Å²) in [5.41, 5.74) is 0.586. The van der Waals surface area contributed by atoms with Gasteiger partial charge in [-0.2, -0.15) is 0 Å². The Morgan fingerprint density at radius 2 is 1.87 bits per heavy atom. The van der Waals surface area contributed by atoms with Crippen LogP contribution in [-0.4, -0.2) is 18.4 Å². The summed E-state index contributed by atoms with van der Waals surface area (Å²) >= 11 is 3.24. The van der Waals surface area contributed by atoms with Crippen molar-refractivity contribution < 1.29 is 8.42 Å². The molecule has 0 bridgehead atoms. The Bertz CT molecular complexity index is 969. The first-order chi connectivity index (χ1) is 11.0. The minimum atomic E-state index is -3.75. The van der Waals surface area contributed by atoms with Crippen molar-refractivity contribution >= 4 is 42.5 Å². The lowest BCUT2D eigenvalue weighted by atomic mass is 10.1. The molecule has 1 N–H and O–H groups in total. The van der Waals surface area contributed by atoms with E-state index in [0.29, 0.717) is 22.1 Å². The van der Waals surface area contributed by atoms with E-state index in [-0.39, 0.29) is 10.7 Å². The lowest BCUT2D eigenvalue weighted by molar-refractivity contribution is 0.601. The number of benzene rings is 2. The molecule has 0 amide bonds. The normalized spacial score (nSPS) is 11.6. The van der Waals surface area contributed by atoms with E-state index in [1.165, 1.54) is 6.20 Å². The third-order valence-electron chi connectivity index (χ3n) is 3.42. The number of rotatable bonds is 4. The Hall–Kier alpha value is -1.99. The molecule has 0 saturated heterocycles. The number of sulfonamides is 1. The molecule has 0 atom stereocenters. The molecule has 0 unspecified atom stereocenters. The Morgan fingerprint density at radius 1 is 1.13 bits per heavy atom. The van der Waals surface area contributed by atoms with Gasteiger partial charge in [0.25, 0.3) is 10.0 Å². The van der Waals surface area contributed by atoms with Crippen LogP contribution in [0, 0.1) is 0 Å². The van der Waals surface area contributed by atoms with Gasteiger partial charge in [0.2, 0.25) is 0 Å². The van der Waals surface area contributed by atoms with E-state index in [1.54, 1.807) is 18.2 Å². The molecular weight excluding hydrogens is 378 g/mol. The summed E-state index contributed by atoms with van der Waals surface area (Å²) in [6, 6.07) is 12.6. The van der Waals surface area contributed by atoms with Crippen LogP contribution in [0.1, 0.15) is 12.6 Å². The highest BCUT2D eigenvalue weighted by atomic mass is 79.9. The number of halogens is 1. The fraction of sp³-hybridized carbons (Fsp3) is 0.125. The van der Waals surface area contributed by atoms with E-state index >= 15 is 0 Å². The molecule has 0 radical (unpaired) electrons. The number of anilines is 1. The predicted molar refractivity (Wildman–Crippen MR) is 93.9 cm³/mol. The van der Waals surface area contributed by atoms with Gasteiger partial charge in [-0.15, -0.1) is 0 Å². The van der Waals surface area contributed by atoms with Gasteiger partial charge < -0.3 is 0 Å². The molecule has 0 spiro atoms. The van der Waals surface area contributed by atoms with E-state index in [2.05, 4.69) is 30.6 Å². The Balaban J connectivity index is 2.08. The van der Waals surface area contributed by atoms with Crippen molar-refractivity contribution in [3.8, 4) is 0 Å². The molecule has 2 aromatic carbocycles. The van der Waals surface area contributed by atoms with Crippen LogP contribution in [-0.2, 0) is 16.4 Å². The Morgan fingerprint density at radius 3 is 2.65 bits per heavy atom. The summed E-state index contributed by atoms with van der Waals surface area (Å²) in [5, 5.41) is 1.54. The molecule has 3 aromatic rings. The average Bonchev–Trinajstić information content (AvgIpc) is 2.55. The topological polar surface area (TPSA) is 72.0 Å². The molecule has 118 valence electrons. The number of nitrogens with one attached hydrogen (secondary N) is 1. The predicted octanol–water partition coefficient (Wildman–Crippen LogP) is 3.76. The van der Waals surface area contributed by atoms with Crippen LogP contribution in [0.2, 0.25) is 0 Å². The quantitative estimate of drug-likeness (QED) is 0.734. The summed E-state index contributed by atoms with van der Waals surface area (Å²) < 4.78 is 28.7. The second-order valence-electron chi connectivity index (χ2n) is 4.92. The third kappa shape index (κ3) is 3.20. The molecule has 5 nitrogen and oxygen atoms in total. The van der Waals surface area contributed by atoms with E-state index in [4.69, 9.17) is 0 Å². The van der Waals surface area contributed by atoms with Gasteiger partial charge in [-0.05, 0) is 33.8 Å². The second-order valence-corrected chi connectivity index (χ2v) is 7.39. The molecule has 0 aliphatic heterocycles. The fourth-order valence-electron chi connectivity index (χ4n) is 2.35. The van der Waals surface area contributed by atoms with Gasteiger partial charge in [-0.25, -0.2) is 18.4 Å². The number of hydrogen-bond acceptors (Lipinski definition) is 4. The van der Waals surface area contributed by atoms with Crippen LogP contribution >= 0.6 is 15.9 Å². The first kappa shape index (κ1) is 15.9. The largest absolute Gasteiger partial charge is 0.263 e. The second kappa shape index (κ2) is 6.25. The number of aryl methyl sites for hydroxylation is 1.